The van der Waals surface area contributed by atoms with Crippen LogP contribution >= 0.6 is 23.4 Å². The second kappa shape index (κ2) is 8.56. The highest BCUT2D eigenvalue weighted by molar-refractivity contribution is 7.98. The standard InChI is InChI=1S/C19H19ClFN3OS/c1-3-24-18(10-13-4-8-16(25-2)9-5-13)22-23-19(24)26-12-14-6-7-15(21)11-17(14)20/h4-9,11H,3,10,12H2,1-2H3. The quantitative estimate of drug-likeness (QED) is 0.532. The Kier molecular flexibility index (Phi) is 6.16. The maximum atomic E-state index is 13.2. The van der Waals surface area contributed by atoms with Crippen LogP contribution in [0.4, 0.5) is 4.39 Å². The van der Waals surface area contributed by atoms with Gasteiger partial charge < -0.3 is 9.30 Å². The first-order chi connectivity index (χ1) is 12.6. The summed E-state index contributed by atoms with van der Waals surface area (Å²) >= 11 is 7.64. The molecule has 4 nitrogen and oxygen atoms in total. The lowest BCUT2D eigenvalue weighted by Gasteiger charge is -2.08. The van der Waals surface area contributed by atoms with E-state index in [0.717, 1.165) is 34.4 Å². The van der Waals surface area contributed by atoms with E-state index in [0.29, 0.717) is 17.2 Å². The average Bonchev–Trinajstić information content (AvgIpc) is 3.03. The number of nitrogens with zero attached hydrogens (tertiary/aromatic N) is 3. The number of benzene rings is 2. The molecule has 2 aromatic carbocycles. The van der Waals surface area contributed by atoms with E-state index in [9.17, 15) is 4.39 Å². The summed E-state index contributed by atoms with van der Waals surface area (Å²) in [5.41, 5.74) is 2.02. The summed E-state index contributed by atoms with van der Waals surface area (Å²) < 4.78 is 20.4. The predicted molar refractivity (Wildman–Crippen MR) is 102 cm³/mol. The minimum absolute atomic E-state index is 0.331. The van der Waals surface area contributed by atoms with Crippen molar-refractivity contribution in [1.82, 2.24) is 14.8 Å². The van der Waals surface area contributed by atoms with Crippen LogP contribution in [0.1, 0.15) is 23.9 Å². The van der Waals surface area contributed by atoms with Gasteiger partial charge in [-0.1, -0.05) is 41.6 Å². The van der Waals surface area contributed by atoms with Crippen LogP contribution < -0.4 is 4.74 Å². The number of ether oxygens (including phenoxy) is 1. The number of hydrogen-bond donors (Lipinski definition) is 0. The maximum Gasteiger partial charge on any atom is 0.191 e. The third kappa shape index (κ3) is 4.37. The Morgan fingerprint density at radius 1 is 1.15 bits per heavy atom. The Hall–Kier alpha value is -2.05. The van der Waals surface area contributed by atoms with E-state index < -0.39 is 0 Å². The first-order valence-electron chi connectivity index (χ1n) is 8.22. The fraction of sp³-hybridized carbons (Fsp3) is 0.263. The second-order valence-electron chi connectivity index (χ2n) is 5.69. The molecule has 136 valence electrons. The van der Waals surface area contributed by atoms with Gasteiger partial charge in [-0.25, -0.2) is 4.39 Å². The molecular weight excluding hydrogens is 373 g/mol. The van der Waals surface area contributed by atoms with Gasteiger partial charge >= 0.3 is 0 Å². The fourth-order valence-electron chi connectivity index (χ4n) is 2.58. The lowest BCUT2D eigenvalue weighted by atomic mass is 10.1. The van der Waals surface area contributed by atoms with Crippen LogP contribution in [0.25, 0.3) is 0 Å². The van der Waals surface area contributed by atoms with Gasteiger partial charge in [0.1, 0.15) is 17.4 Å². The molecule has 7 heteroatoms. The van der Waals surface area contributed by atoms with Gasteiger partial charge in [0, 0.05) is 23.7 Å². The van der Waals surface area contributed by atoms with Crippen LogP contribution in [0.15, 0.2) is 47.6 Å². The second-order valence-corrected chi connectivity index (χ2v) is 7.04. The van der Waals surface area contributed by atoms with Crippen molar-refractivity contribution < 1.29 is 9.13 Å². The molecule has 3 rings (SSSR count). The average molecular weight is 392 g/mol. The molecule has 0 saturated heterocycles. The zero-order valence-corrected chi connectivity index (χ0v) is 16.1. The zero-order chi connectivity index (χ0) is 18.5. The van der Waals surface area contributed by atoms with Crippen molar-refractivity contribution in [3.63, 3.8) is 0 Å². The number of rotatable bonds is 7. The largest absolute Gasteiger partial charge is 0.497 e. The zero-order valence-electron chi connectivity index (χ0n) is 14.6. The SMILES string of the molecule is CCn1c(Cc2ccc(OC)cc2)nnc1SCc1ccc(F)cc1Cl. The van der Waals surface area contributed by atoms with Gasteiger partial charge in [-0.05, 0) is 42.3 Å². The van der Waals surface area contributed by atoms with Crippen molar-refractivity contribution in [2.24, 2.45) is 0 Å². The summed E-state index contributed by atoms with van der Waals surface area (Å²) in [5.74, 6) is 2.02. The van der Waals surface area contributed by atoms with Crippen molar-refractivity contribution in [1.29, 1.82) is 0 Å². The molecule has 3 aromatic rings. The summed E-state index contributed by atoms with van der Waals surface area (Å²) in [6.07, 6.45) is 0.697. The predicted octanol–water partition coefficient (Wildman–Crippen LogP) is 4.98. The molecule has 0 amide bonds. The first-order valence-corrected chi connectivity index (χ1v) is 9.58. The number of methoxy groups -OCH3 is 1. The fourth-order valence-corrected chi connectivity index (χ4v) is 3.92. The van der Waals surface area contributed by atoms with Crippen molar-refractivity contribution in [2.75, 3.05) is 7.11 Å². The van der Waals surface area contributed by atoms with Crippen LogP contribution in [0.5, 0.6) is 5.75 Å². The summed E-state index contributed by atoms with van der Waals surface area (Å²) in [7, 11) is 1.65. The van der Waals surface area contributed by atoms with Gasteiger partial charge in [0.15, 0.2) is 5.16 Å². The van der Waals surface area contributed by atoms with E-state index in [4.69, 9.17) is 16.3 Å². The smallest absolute Gasteiger partial charge is 0.191 e. The lowest BCUT2D eigenvalue weighted by Crippen LogP contribution is -2.04. The molecule has 0 aliphatic carbocycles. The van der Waals surface area contributed by atoms with Crippen LogP contribution in [0.2, 0.25) is 5.02 Å². The lowest BCUT2D eigenvalue weighted by molar-refractivity contribution is 0.414. The van der Waals surface area contributed by atoms with Gasteiger partial charge in [-0.2, -0.15) is 0 Å². The molecule has 1 heterocycles. The number of aromatic nitrogens is 3. The van der Waals surface area contributed by atoms with Gasteiger partial charge in [-0.3, -0.25) is 0 Å². The van der Waals surface area contributed by atoms with E-state index in [1.807, 2.05) is 24.3 Å². The molecule has 0 radical (unpaired) electrons. The van der Waals surface area contributed by atoms with Crippen LogP contribution in [0, 0.1) is 5.82 Å². The topological polar surface area (TPSA) is 39.9 Å². The first kappa shape index (κ1) is 18.7. The molecule has 0 N–H and O–H groups in total. The Balaban J connectivity index is 1.72. The summed E-state index contributed by atoms with van der Waals surface area (Å²) in [4.78, 5) is 0. The normalized spacial score (nSPS) is 10.9. The van der Waals surface area contributed by atoms with Gasteiger partial charge in [-0.15, -0.1) is 10.2 Å². The molecule has 0 atom stereocenters. The van der Waals surface area contributed by atoms with E-state index in [-0.39, 0.29) is 5.82 Å². The molecule has 0 aliphatic heterocycles. The minimum atomic E-state index is -0.331. The van der Waals surface area contributed by atoms with Crippen molar-refractivity contribution in [3.05, 3.63) is 70.3 Å². The highest BCUT2D eigenvalue weighted by Gasteiger charge is 2.13. The van der Waals surface area contributed by atoms with Crippen molar-refractivity contribution >= 4 is 23.4 Å². The van der Waals surface area contributed by atoms with Gasteiger partial charge in [0.25, 0.3) is 0 Å². The monoisotopic (exact) mass is 391 g/mol. The van der Waals surface area contributed by atoms with E-state index in [2.05, 4.69) is 21.7 Å². The van der Waals surface area contributed by atoms with Crippen LogP contribution in [-0.4, -0.2) is 21.9 Å². The number of hydrogen-bond acceptors (Lipinski definition) is 4. The van der Waals surface area contributed by atoms with Crippen molar-refractivity contribution in [3.8, 4) is 5.75 Å². The molecule has 0 unspecified atom stereocenters. The third-order valence-corrected chi connectivity index (χ3v) is 5.37. The maximum absolute atomic E-state index is 13.2. The summed E-state index contributed by atoms with van der Waals surface area (Å²) in [6.45, 7) is 2.84. The van der Waals surface area contributed by atoms with E-state index in [1.54, 1.807) is 24.9 Å². The van der Waals surface area contributed by atoms with E-state index >= 15 is 0 Å². The number of halogens is 2. The Morgan fingerprint density at radius 2 is 1.92 bits per heavy atom. The van der Waals surface area contributed by atoms with Crippen LogP contribution in [-0.2, 0) is 18.7 Å². The van der Waals surface area contributed by atoms with Crippen molar-refractivity contribution in [2.45, 2.75) is 30.8 Å². The molecule has 0 spiro atoms. The Bertz CT molecular complexity index is 883. The molecular formula is C19H19ClFN3OS. The number of thioether (sulfide) groups is 1. The highest BCUT2D eigenvalue weighted by atomic mass is 35.5. The molecule has 0 saturated carbocycles. The Labute approximate surface area is 161 Å². The summed E-state index contributed by atoms with van der Waals surface area (Å²) in [6, 6.07) is 12.4. The molecule has 0 fully saturated rings. The minimum Gasteiger partial charge on any atom is -0.497 e. The van der Waals surface area contributed by atoms with Gasteiger partial charge in [0.2, 0.25) is 0 Å². The molecule has 0 bridgehead atoms. The molecule has 0 aliphatic rings. The molecule has 26 heavy (non-hydrogen) atoms. The molecule has 1 aromatic heterocycles. The third-order valence-electron chi connectivity index (χ3n) is 4.00. The Morgan fingerprint density at radius 3 is 2.58 bits per heavy atom. The van der Waals surface area contributed by atoms with E-state index in [1.165, 1.54) is 12.1 Å². The highest BCUT2D eigenvalue weighted by Crippen LogP contribution is 2.27. The summed E-state index contributed by atoms with van der Waals surface area (Å²) in [5, 5.41) is 9.91. The van der Waals surface area contributed by atoms with Gasteiger partial charge in [0.05, 0.1) is 7.11 Å². The van der Waals surface area contributed by atoms with Crippen LogP contribution in [0.3, 0.4) is 0 Å².